The highest BCUT2D eigenvalue weighted by molar-refractivity contribution is 7.17. The van der Waals surface area contributed by atoms with Gasteiger partial charge in [0.15, 0.2) is 0 Å². The van der Waals surface area contributed by atoms with Crippen molar-refractivity contribution in [1.29, 1.82) is 0 Å². The molecule has 1 aliphatic carbocycles. The van der Waals surface area contributed by atoms with Gasteiger partial charge in [0.2, 0.25) is 5.91 Å². The molecular formula is C30H32N2O4S. The molecule has 0 N–H and O–H groups in total. The van der Waals surface area contributed by atoms with E-state index in [4.69, 9.17) is 4.74 Å². The number of hydrogen-bond donors (Lipinski definition) is 0. The van der Waals surface area contributed by atoms with Crippen LogP contribution in [0.3, 0.4) is 0 Å². The zero-order valence-electron chi connectivity index (χ0n) is 21.4. The first-order chi connectivity index (χ1) is 17.9. The van der Waals surface area contributed by atoms with Gasteiger partial charge in [0.25, 0.3) is 5.91 Å². The number of esters is 1. The number of benzene rings is 2. The Bertz CT molecular complexity index is 1380. The predicted octanol–water partition coefficient (Wildman–Crippen LogP) is 5.45. The monoisotopic (exact) mass is 516 g/mol. The first kappa shape index (κ1) is 25.2. The fraction of sp³-hybridized carbons (Fsp3) is 0.367. The molecule has 1 unspecified atom stereocenters. The molecule has 2 aromatic carbocycles. The van der Waals surface area contributed by atoms with E-state index >= 15 is 0 Å². The molecule has 0 bridgehead atoms. The maximum atomic E-state index is 14.0. The van der Waals surface area contributed by atoms with E-state index in [-0.39, 0.29) is 24.2 Å². The van der Waals surface area contributed by atoms with E-state index in [1.54, 1.807) is 23.2 Å². The van der Waals surface area contributed by atoms with E-state index < -0.39 is 5.54 Å². The summed E-state index contributed by atoms with van der Waals surface area (Å²) in [6, 6.07) is 14.2. The Morgan fingerprint density at radius 3 is 2.78 bits per heavy atom. The molecular weight excluding hydrogens is 484 g/mol. The van der Waals surface area contributed by atoms with Crippen LogP contribution < -0.4 is 0 Å². The molecule has 0 radical (unpaired) electrons. The second kappa shape index (κ2) is 10.5. The summed E-state index contributed by atoms with van der Waals surface area (Å²) in [4.78, 5) is 43.1. The van der Waals surface area contributed by atoms with Gasteiger partial charge in [-0.05, 0) is 55.9 Å². The molecule has 2 heterocycles. The minimum Gasteiger partial charge on any atom is -0.466 e. The van der Waals surface area contributed by atoms with E-state index in [0.717, 1.165) is 22.1 Å². The lowest BCUT2D eigenvalue weighted by molar-refractivity contribution is -0.150. The summed E-state index contributed by atoms with van der Waals surface area (Å²) in [7, 11) is 0. The fourth-order valence-corrected chi connectivity index (χ4v) is 6.20. The average Bonchev–Trinajstić information content (AvgIpc) is 3.53. The SMILES string of the molecule is CCOC(=O)CCCN(Cc1ccc2c(c1)CC=C2)C(=O)C1(C)CCN1C(=O)c1csc2ccccc12. The minimum atomic E-state index is -0.914. The largest absolute Gasteiger partial charge is 0.466 e. The van der Waals surface area contributed by atoms with Crippen molar-refractivity contribution in [3.05, 3.63) is 76.2 Å². The summed E-state index contributed by atoms with van der Waals surface area (Å²) in [5.41, 5.74) is 3.26. The molecule has 37 heavy (non-hydrogen) atoms. The van der Waals surface area contributed by atoms with Gasteiger partial charge in [-0.2, -0.15) is 0 Å². The van der Waals surface area contributed by atoms with E-state index in [0.29, 0.717) is 44.6 Å². The highest BCUT2D eigenvalue weighted by atomic mass is 32.1. The summed E-state index contributed by atoms with van der Waals surface area (Å²) < 4.78 is 6.14. The van der Waals surface area contributed by atoms with E-state index in [1.807, 2.05) is 41.5 Å². The number of amides is 2. The first-order valence-electron chi connectivity index (χ1n) is 12.9. The first-order valence-corrected chi connectivity index (χ1v) is 13.8. The van der Waals surface area contributed by atoms with Crippen LogP contribution in [-0.2, 0) is 27.3 Å². The molecule has 1 atom stereocenters. The fourth-order valence-electron chi connectivity index (χ4n) is 5.27. The van der Waals surface area contributed by atoms with Crippen LogP contribution in [-0.4, -0.2) is 52.8 Å². The van der Waals surface area contributed by atoms with Crippen molar-refractivity contribution >= 4 is 45.3 Å². The Hall–Kier alpha value is -3.45. The number of hydrogen-bond acceptors (Lipinski definition) is 5. The second-order valence-electron chi connectivity index (χ2n) is 9.90. The van der Waals surface area contributed by atoms with Crippen LogP contribution in [0.2, 0.25) is 0 Å². The molecule has 1 saturated heterocycles. The third-order valence-electron chi connectivity index (χ3n) is 7.45. The number of nitrogens with zero attached hydrogens (tertiary/aromatic N) is 2. The van der Waals surface area contributed by atoms with Crippen molar-refractivity contribution in [2.24, 2.45) is 0 Å². The highest BCUT2D eigenvalue weighted by Gasteiger charge is 2.51. The van der Waals surface area contributed by atoms with Crippen molar-refractivity contribution in [3.63, 3.8) is 0 Å². The Balaban J connectivity index is 1.36. The summed E-state index contributed by atoms with van der Waals surface area (Å²) in [6.45, 7) is 5.41. The molecule has 1 fully saturated rings. The third-order valence-corrected chi connectivity index (χ3v) is 8.42. The van der Waals surface area contributed by atoms with Gasteiger partial charge < -0.3 is 14.5 Å². The van der Waals surface area contributed by atoms with Gasteiger partial charge in [-0.25, -0.2) is 0 Å². The number of fused-ring (bicyclic) bond motifs is 2. The van der Waals surface area contributed by atoms with E-state index in [1.165, 1.54) is 11.1 Å². The zero-order chi connectivity index (χ0) is 26.0. The van der Waals surface area contributed by atoms with Gasteiger partial charge in [0.1, 0.15) is 5.54 Å². The standard InChI is InChI=1S/C30H32N2O4S/c1-3-36-27(33)12-7-16-31(19-21-13-14-22-8-6-9-23(22)18-21)29(35)30(2)15-17-32(30)28(34)25-20-37-26-11-5-4-10-24(25)26/h4-6,8,10-11,13-14,18,20H,3,7,9,12,15-17,19H2,1-2H3. The maximum Gasteiger partial charge on any atom is 0.305 e. The number of carbonyl (C=O) groups is 3. The van der Waals surface area contributed by atoms with Crippen LogP contribution in [0, 0.1) is 0 Å². The van der Waals surface area contributed by atoms with Crippen molar-refractivity contribution in [2.45, 2.75) is 51.6 Å². The summed E-state index contributed by atoms with van der Waals surface area (Å²) in [6.07, 6.45) is 6.54. The van der Waals surface area contributed by atoms with Crippen LogP contribution in [0.4, 0.5) is 0 Å². The van der Waals surface area contributed by atoms with Crippen molar-refractivity contribution < 1.29 is 19.1 Å². The highest BCUT2D eigenvalue weighted by Crippen LogP contribution is 2.37. The average molecular weight is 517 g/mol. The smallest absolute Gasteiger partial charge is 0.305 e. The van der Waals surface area contributed by atoms with E-state index in [9.17, 15) is 14.4 Å². The number of carbonyl (C=O) groups excluding carboxylic acids is 3. The quantitative estimate of drug-likeness (QED) is 0.355. The molecule has 2 aliphatic rings. The Labute approximate surface area is 221 Å². The van der Waals surface area contributed by atoms with Gasteiger partial charge in [0.05, 0.1) is 12.2 Å². The van der Waals surface area contributed by atoms with Gasteiger partial charge in [0, 0.05) is 41.5 Å². The van der Waals surface area contributed by atoms with Crippen LogP contribution in [0.25, 0.3) is 16.2 Å². The lowest BCUT2D eigenvalue weighted by Crippen LogP contribution is -2.67. The molecule has 6 nitrogen and oxygen atoms in total. The zero-order valence-corrected chi connectivity index (χ0v) is 22.2. The number of thiophene rings is 1. The molecule has 2 amide bonds. The lowest BCUT2D eigenvalue weighted by Gasteiger charge is -2.51. The van der Waals surface area contributed by atoms with Crippen molar-refractivity contribution in [1.82, 2.24) is 9.80 Å². The topological polar surface area (TPSA) is 66.9 Å². The van der Waals surface area contributed by atoms with Crippen molar-refractivity contribution in [3.8, 4) is 0 Å². The van der Waals surface area contributed by atoms with Gasteiger partial charge in [-0.3, -0.25) is 14.4 Å². The number of ether oxygens (including phenoxy) is 1. The molecule has 0 saturated carbocycles. The molecule has 7 heteroatoms. The predicted molar refractivity (Wildman–Crippen MR) is 146 cm³/mol. The lowest BCUT2D eigenvalue weighted by atomic mass is 9.84. The Morgan fingerprint density at radius 2 is 2.00 bits per heavy atom. The Kier molecular flexibility index (Phi) is 7.15. The van der Waals surface area contributed by atoms with Crippen molar-refractivity contribution in [2.75, 3.05) is 19.7 Å². The summed E-state index contributed by atoms with van der Waals surface area (Å²) in [5.74, 6) is -0.432. The molecule has 3 aromatic rings. The van der Waals surface area contributed by atoms with Crippen LogP contribution in [0.15, 0.2) is 53.9 Å². The number of likely N-dealkylation sites (tertiary alicyclic amines) is 1. The maximum absolute atomic E-state index is 14.0. The van der Waals surface area contributed by atoms with Crippen LogP contribution in [0.1, 0.15) is 60.2 Å². The summed E-state index contributed by atoms with van der Waals surface area (Å²) >= 11 is 1.55. The normalized spacial score (nSPS) is 17.9. The molecule has 1 aliphatic heterocycles. The van der Waals surface area contributed by atoms with Crippen LogP contribution >= 0.6 is 11.3 Å². The second-order valence-corrected chi connectivity index (χ2v) is 10.8. The van der Waals surface area contributed by atoms with Gasteiger partial charge in [-0.15, -0.1) is 11.3 Å². The minimum absolute atomic E-state index is 0.0749. The Morgan fingerprint density at radius 1 is 1.16 bits per heavy atom. The molecule has 1 aromatic heterocycles. The van der Waals surface area contributed by atoms with Crippen LogP contribution in [0.5, 0.6) is 0 Å². The van der Waals surface area contributed by atoms with Gasteiger partial charge >= 0.3 is 5.97 Å². The summed E-state index contributed by atoms with van der Waals surface area (Å²) in [5, 5.41) is 2.82. The molecule has 192 valence electrons. The number of allylic oxidation sites excluding steroid dienone is 1. The molecule has 0 spiro atoms. The number of rotatable bonds is 9. The van der Waals surface area contributed by atoms with E-state index in [2.05, 4.69) is 30.4 Å². The third kappa shape index (κ3) is 4.92. The molecule has 5 rings (SSSR count). The van der Waals surface area contributed by atoms with Gasteiger partial charge in [-0.1, -0.05) is 48.6 Å².